The van der Waals surface area contributed by atoms with Crippen LogP contribution in [0.1, 0.15) is 0 Å². The summed E-state index contributed by atoms with van der Waals surface area (Å²) in [6.45, 7) is -0.259. The molecule has 2 N–H and O–H groups in total. The Balaban J connectivity index is 1.46. The van der Waals surface area contributed by atoms with Crippen LogP contribution < -0.4 is 15.6 Å². The summed E-state index contributed by atoms with van der Waals surface area (Å²) in [5, 5.41) is 0. The molecular formula is C22H19FN2O3S. The first-order chi connectivity index (χ1) is 14.1. The predicted molar refractivity (Wildman–Crippen MR) is 111 cm³/mol. The van der Waals surface area contributed by atoms with Crippen LogP contribution in [0.3, 0.4) is 0 Å². The number of ether oxygens (including phenoxy) is 1. The number of nitrogens with one attached hydrogen (secondary N) is 2. The summed E-state index contributed by atoms with van der Waals surface area (Å²) in [6.07, 6.45) is 0. The molecule has 0 radical (unpaired) electrons. The molecule has 0 saturated carbocycles. The monoisotopic (exact) mass is 410 g/mol. The smallest absolute Gasteiger partial charge is 0.276 e. The van der Waals surface area contributed by atoms with Gasteiger partial charge in [-0.15, -0.1) is 11.8 Å². The van der Waals surface area contributed by atoms with Crippen LogP contribution in [0.25, 0.3) is 11.1 Å². The maximum atomic E-state index is 13.5. The maximum Gasteiger partial charge on any atom is 0.276 e. The zero-order valence-corrected chi connectivity index (χ0v) is 16.2. The Morgan fingerprint density at radius 2 is 1.48 bits per heavy atom. The van der Waals surface area contributed by atoms with E-state index in [0.717, 1.165) is 22.9 Å². The number of carbonyl (C=O) groups excluding carboxylic acids is 2. The van der Waals surface area contributed by atoms with E-state index in [-0.39, 0.29) is 18.2 Å². The fourth-order valence-electron chi connectivity index (χ4n) is 2.51. The largest absolute Gasteiger partial charge is 0.483 e. The molecule has 148 valence electrons. The number of hydrogen-bond donors (Lipinski definition) is 2. The molecule has 0 unspecified atom stereocenters. The minimum absolute atomic E-state index is 0.0289. The Hall–Kier alpha value is -3.32. The Bertz CT molecular complexity index is 983. The van der Waals surface area contributed by atoms with E-state index in [0.29, 0.717) is 10.6 Å². The molecule has 0 fully saturated rings. The van der Waals surface area contributed by atoms with Crippen molar-refractivity contribution in [3.63, 3.8) is 0 Å². The SMILES string of the molecule is O=C(COc1ccccc1-c1ccccc1)NNC(=O)CSc1ccccc1F. The van der Waals surface area contributed by atoms with E-state index in [1.165, 1.54) is 6.07 Å². The fourth-order valence-corrected chi connectivity index (χ4v) is 3.25. The second-order valence-electron chi connectivity index (χ2n) is 5.97. The molecule has 0 heterocycles. The molecule has 29 heavy (non-hydrogen) atoms. The van der Waals surface area contributed by atoms with Gasteiger partial charge in [0.1, 0.15) is 11.6 Å². The van der Waals surface area contributed by atoms with E-state index in [9.17, 15) is 14.0 Å². The van der Waals surface area contributed by atoms with Crippen LogP contribution in [0.15, 0.2) is 83.8 Å². The molecule has 0 bridgehead atoms. The average molecular weight is 410 g/mol. The lowest BCUT2D eigenvalue weighted by Crippen LogP contribution is -2.44. The molecule has 5 nitrogen and oxygen atoms in total. The van der Waals surface area contributed by atoms with Crippen molar-refractivity contribution >= 4 is 23.6 Å². The molecule has 3 aromatic carbocycles. The van der Waals surface area contributed by atoms with Crippen molar-refractivity contribution in [3.8, 4) is 16.9 Å². The summed E-state index contributed by atoms with van der Waals surface area (Å²) < 4.78 is 19.1. The van der Waals surface area contributed by atoms with Crippen molar-refractivity contribution in [3.05, 3.63) is 84.7 Å². The van der Waals surface area contributed by atoms with Crippen molar-refractivity contribution in [2.75, 3.05) is 12.4 Å². The van der Waals surface area contributed by atoms with Gasteiger partial charge in [0, 0.05) is 10.5 Å². The third-order valence-corrected chi connectivity index (χ3v) is 4.92. The molecular weight excluding hydrogens is 391 g/mol. The van der Waals surface area contributed by atoms with E-state index in [4.69, 9.17) is 4.74 Å². The predicted octanol–water partition coefficient (Wildman–Crippen LogP) is 3.81. The lowest BCUT2D eigenvalue weighted by molar-refractivity contribution is -0.128. The Labute approximate surface area is 172 Å². The Morgan fingerprint density at radius 1 is 0.828 bits per heavy atom. The highest BCUT2D eigenvalue weighted by molar-refractivity contribution is 8.00. The number of thioether (sulfide) groups is 1. The molecule has 3 rings (SSSR count). The van der Waals surface area contributed by atoms with Gasteiger partial charge >= 0.3 is 0 Å². The van der Waals surface area contributed by atoms with Gasteiger partial charge in [-0.05, 0) is 23.8 Å². The topological polar surface area (TPSA) is 67.4 Å². The fraction of sp³-hybridized carbons (Fsp3) is 0.0909. The lowest BCUT2D eigenvalue weighted by Gasteiger charge is -2.12. The number of hydrazine groups is 1. The second kappa shape index (κ2) is 10.3. The number of hydrogen-bond acceptors (Lipinski definition) is 4. The first-order valence-electron chi connectivity index (χ1n) is 8.86. The van der Waals surface area contributed by atoms with E-state index in [1.807, 2.05) is 48.5 Å². The maximum absolute atomic E-state index is 13.5. The van der Waals surface area contributed by atoms with Gasteiger partial charge in [0.25, 0.3) is 5.91 Å². The van der Waals surface area contributed by atoms with Crippen LogP contribution >= 0.6 is 11.8 Å². The van der Waals surface area contributed by atoms with Crippen LogP contribution in [-0.4, -0.2) is 24.2 Å². The van der Waals surface area contributed by atoms with Gasteiger partial charge in [-0.3, -0.25) is 20.4 Å². The van der Waals surface area contributed by atoms with Crippen molar-refractivity contribution in [1.29, 1.82) is 0 Å². The standard InChI is InChI=1S/C22H19FN2O3S/c23-18-11-5-7-13-20(18)29-15-22(27)25-24-21(26)14-28-19-12-6-4-10-17(19)16-8-2-1-3-9-16/h1-13H,14-15H2,(H,24,26)(H,25,27). The van der Waals surface area contributed by atoms with Gasteiger partial charge in [0.2, 0.25) is 5.91 Å². The third-order valence-electron chi connectivity index (χ3n) is 3.87. The zero-order chi connectivity index (χ0) is 20.5. The van der Waals surface area contributed by atoms with Gasteiger partial charge < -0.3 is 4.74 Å². The number of halogens is 1. The molecule has 0 aliphatic carbocycles. The Morgan fingerprint density at radius 3 is 2.28 bits per heavy atom. The van der Waals surface area contributed by atoms with E-state index >= 15 is 0 Å². The van der Waals surface area contributed by atoms with Gasteiger partial charge in [0.05, 0.1) is 5.75 Å². The van der Waals surface area contributed by atoms with Crippen LogP contribution in [0.4, 0.5) is 4.39 Å². The summed E-state index contributed by atoms with van der Waals surface area (Å²) in [4.78, 5) is 24.2. The molecule has 0 saturated heterocycles. The molecule has 7 heteroatoms. The van der Waals surface area contributed by atoms with E-state index < -0.39 is 11.8 Å². The second-order valence-corrected chi connectivity index (χ2v) is 6.98. The average Bonchev–Trinajstić information content (AvgIpc) is 2.76. The highest BCUT2D eigenvalue weighted by atomic mass is 32.2. The molecule has 0 aliphatic heterocycles. The van der Waals surface area contributed by atoms with Crippen molar-refractivity contribution in [1.82, 2.24) is 10.9 Å². The first-order valence-corrected chi connectivity index (χ1v) is 9.84. The van der Waals surface area contributed by atoms with E-state index in [2.05, 4.69) is 10.9 Å². The van der Waals surface area contributed by atoms with E-state index in [1.54, 1.807) is 24.3 Å². The van der Waals surface area contributed by atoms with Crippen molar-refractivity contribution in [2.45, 2.75) is 4.90 Å². The van der Waals surface area contributed by atoms with Crippen molar-refractivity contribution in [2.24, 2.45) is 0 Å². The minimum Gasteiger partial charge on any atom is -0.483 e. The summed E-state index contributed by atoms with van der Waals surface area (Å²) >= 11 is 1.05. The summed E-state index contributed by atoms with van der Waals surface area (Å²) in [5.41, 5.74) is 6.43. The molecule has 2 amide bonds. The van der Waals surface area contributed by atoms with Gasteiger partial charge in [-0.1, -0.05) is 60.7 Å². The van der Waals surface area contributed by atoms with Crippen LogP contribution in [0, 0.1) is 5.82 Å². The normalized spacial score (nSPS) is 10.2. The molecule has 0 atom stereocenters. The van der Waals surface area contributed by atoms with Crippen molar-refractivity contribution < 1.29 is 18.7 Å². The number of benzene rings is 3. The highest BCUT2D eigenvalue weighted by Crippen LogP contribution is 2.29. The zero-order valence-electron chi connectivity index (χ0n) is 15.4. The molecule has 3 aromatic rings. The number of carbonyl (C=O) groups is 2. The minimum atomic E-state index is -0.503. The highest BCUT2D eigenvalue weighted by Gasteiger charge is 2.10. The number of amides is 2. The van der Waals surface area contributed by atoms with Crippen LogP contribution in [0.2, 0.25) is 0 Å². The first kappa shape index (κ1) is 20.4. The third kappa shape index (κ3) is 6.08. The molecule has 0 aromatic heterocycles. The van der Waals surface area contributed by atoms with Gasteiger partial charge in [0.15, 0.2) is 6.61 Å². The molecule has 0 aliphatic rings. The summed E-state index contributed by atoms with van der Waals surface area (Å²) in [5.74, 6) is -0.803. The molecule has 0 spiro atoms. The van der Waals surface area contributed by atoms with Crippen LogP contribution in [-0.2, 0) is 9.59 Å². The number of para-hydroxylation sites is 1. The number of rotatable bonds is 7. The Kier molecular flexibility index (Phi) is 7.24. The van der Waals surface area contributed by atoms with Crippen LogP contribution in [0.5, 0.6) is 5.75 Å². The van der Waals surface area contributed by atoms with Gasteiger partial charge in [-0.25, -0.2) is 4.39 Å². The summed E-state index contributed by atoms with van der Waals surface area (Å²) in [7, 11) is 0. The quantitative estimate of drug-likeness (QED) is 0.459. The summed E-state index contributed by atoms with van der Waals surface area (Å²) in [6, 6.07) is 23.3. The lowest BCUT2D eigenvalue weighted by atomic mass is 10.1. The van der Waals surface area contributed by atoms with Gasteiger partial charge in [-0.2, -0.15) is 0 Å².